The van der Waals surface area contributed by atoms with Crippen LogP contribution in [-0.2, 0) is 9.53 Å². The van der Waals surface area contributed by atoms with E-state index in [9.17, 15) is 14.4 Å². The Kier molecular flexibility index (Phi) is 5.68. The summed E-state index contributed by atoms with van der Waals surface area (Å²) < 4.78 is 4.95. The van der Waals surface area contributed by atoms with E-state index in [-0.39, 0.29) is 12.2 Å². The highest BCUT2D eigenvalue weighted by molar-refractivity contribution is 5.95. The van der Waals surface area contributed by atoms with Crippen molar-refractivity contribution in [3.05, 3.63) is 59.7 Å². The Morgan fingerprint density at radius 3 is 2.21 bits per heavy atom. The Morgan fingerprint density at radius 1 is 1.04 bits per heavy atom. The van der Waals surface area contributed by atoms with Crippen LogP contribution in [0.1, 0.15) is 20.7 Å². The maximum atomic E-state index is 11.8. The molecule has 0 saturated carbocycles. The molecule has 2 rings (SSSR count). The molecule has 0 aliphatic carbocycles. The quantitative estimate of drug-likeness (QED) is 0.651. The molecule has 0 unspecified atom stereocenters. The summed E-state index contributed by atoms with van der Waals surface area (Å²) in [6.45, 7) is -0.385. The van der Waals surface area contributed by atoms with Gasteiger partial charge in [-0.05, 0) is 36.4 Å². The van der Waals surface area contributed by atoms with Crippen molar-refractivity contribution in [2.75, 3.05) is 30.9 Å². The summed E-state index contributed by atoms with van der Waals surface area (Å²) in [5, 5.41) is 2.65. The van der Waals surface area contributed by atoms with Gasteiger partial charge in [-0.3, -0.25) is 9.59 Å². The number of amides is 1. The second kappa shape index (κ2) is 7.92. The van der Waals surface area contributed by atoms with E-state index >= 15 is 0 Å². The highest BCUT2D eigenvalue weighted by atomic mass is 16.5. The molecule has 124 valence electrons. The van der Waals surface area contributed by atoms with Crippen LogP contribution in [0.4, 0.5) is 11.4 Å². The standard InChI is InChI=1S/C18H18N2O4/c1-20(2)16-9-7-15(8-10-16)19-17(22)12-24-18(23)14-5-3-13(11-21)4-6-14/h3-11H,12H2,1-2H3,(H,19,22). The van der Waals surface area contributed by atoms with E-state index in [1.165, 1.54) is 24.3 Å². The molecular weight excluding hydrogens is 308 g/mol. The van der Waals surface area contributed by atoms with Crippen LogP contribution in [0.5, 0.6) is 0 Å². The van der Waals surface area contributed by atoms with E-state index in [2.05, 4.69) is 5.32 Å². The van der Waals surface area contributed by atoms with Gasteiger partial charge in [-0.2, -0.15) is 0 Å². The van der Waals surface area contributed by atoms with Gasteiger partial charge in [-0.1, -0.05) is 12.1 Å². The molecule has 6 heteroatoms. The minimum absolute atomic E-state index is 0.281. The van der Waals surface area contributed by atoms with Crippen molar-refractivity contribution in [1.29, 1.82) is 0 Å². The molecule has 0 aliphatic heterocycles. The lowest BCUT2D eigenvalue weighted by Gasteiger charge is -2.13. The Hall–Kier alpha value is -3.15. The minimum atomic E-state index is -0.620. The Morgan fingerprint density at radius 2 is 1.67 bits per heavy atom. The number of ether oxygens (including phenoxy) is 1. The third-order valence-corrected chi connectivity index (χ3v) is 3.28. The van der Waals surface area contributed by atoms with Crippen molar-refractivity contribution < 1.29 is 19.1 Å². The van der Waals surface area contributed by atoms with Crippen LogP contribution >= 0.6 is 0 Å². The SMILES string of the molecule is CN(C)c1ccc(NC(=O)COC(=O)c2ccc(C=O)cc2)cc1. The van der Waals surface area contributed by atoms with Crippen molar-refractivity contribution in [1.82, 2.24) is 0 Å². The number of carbonyl (C=O) groups excluding carboxylic acids is 3. The van der Waals surface area contributed by atoms with E-state index in [1.807, 2.05) is 31.1 Å². The molecule has 0 fully saturated rings. The van der Waals surface area contributed by atoms with Gasteiger partial charge in [0.05, 0.1) is 5.56 Å². The van der Waals surface area contributed by atoms with E-state index in [0.29, 0.717) is 17.5 Å². The molecule has 1 N–H and O–H groups in total. The molecule has 2 aromatic carbocycles. The van der Waals surface area contributed by atoms with E-state index in [4.69, 9.17) is 4.74 Å². The van der Waals surface area contributed by atoms with Crippen molar-refractivity contribution in [2.24, 2.45) is 0 Å². The van der Waals surface area contributed by atoms with Crippen LogP contribution in [0, 0.1) is 0 Å². The number of hydrogen-bond donors (Lipinski definition) is 1. The van der Waals surface area contributed by atoms with Crippen LogP contribution in [-0.4, -0.2) is 38.9 Å². The lowest BCUT2D eigenvalue weighted by molar-refractivity contribution is -0.119. The zero-order valence-corrected chi connectivity index (χ0v) is 13.5. The number of nitrogens with one attached hydrogen (secondary N) is 1. The van der Waals surface area contributed by atoms with Gasteiger partial charge in [0.25, 0.3) is 5.91 Å². The van der Waals surface area contributed by atoms with Gasteiger partial charge in [0.2, 0.25) is 0 Å². The summed E-state index contributed by atoms with van der Waals surface area (Å²) in [5.74, 6) is -1.05. The van der Waals surface area contributed by atoms with E-state index in [1.54, 1.807) is 12.1 Å². The highest BCUT2D eigenvalue weighted by Gasteiger charge is 2.10. The molecule has 0 aromatic heterocycles. The van der Waals surface area contributed by atoms with Crippen LogP contribution in [0.3, 0.4) is 0 Å². The first-order valence-corrected chi connectivity index (χ1v) is 7.29. The van der Waals surface area contributed by atoms with Crippen molar-refractivity contribution in [3.8, 4) is 0 Å². The Bertz CT molecular complexity index is 722. The summed E-state index contributed by atoms with van der Waals surface area (Å²) in [4.78, 5) is 36.2. The molecule has 24 heavy (non-hydrogen) atoms. The average Bonchev–Trinajstić information content (AvgIpc) is 2.60. The maximum absolute atomic E-state index is 11.8. The molecule has 0 heterocycles. The van der Waals surface area contributed by atoms with Crippen LogP contribution < -0.4 is 10.2 Å². The molecule has 6 nitrogen and oxygen atoms in total. The minimum Gasteiger partial charge on any atom is -0.452 e. The fourth-order valence-corrected chi connectivity index (χ4v) is 1.95. The maximum Gasteiger partial charge on any atom is 0.338 e. The largest absolute Gasteiger partial charge is 0.452 e. The average molecular weight is 326 g/mol. The number of nitrogens with zero attached hydrogens (tertiary/aromatic N) is 1. The van der Waals surface area contributed by atoms with Crippen LogP contribution in [0.15, 0.2) is 48.5 Å². The number of rotatable bonds is 6. The van der Waals surface area contributed by atoms with Gasteiger partial charge in [0.1, 0.15) is 6.29 Å². The Balaban J connectivity index is 1.85. The predicted molar refractivity (Wildman–Crippen MR) is 91.5 cm³/mol. The first-order chi connectivity index (χ1) is 11.5. The molecule has 0 atom stereocenters. The molecule has 0 aliphatic rings. The smallest absolute Gasteiger partial charge is 0.338 e. The van der Waals surface area contributed by atoms with Crippen LogP contribution in [0.25, 0.3) is 0 Å². The topological polar surface area (TPSA) is 75.7 Å². The van der Waals surface area contributed by atoms with E-state index < -0.39 is 11.9 Å². The van der Waals surface area contributed by atoms with Gasteiger partial charge in [-0.15, -0.1) is 0 Å². The van der Waals surface area contributed by atoms with Crippen molar-refractivity contribution in [2.45, 2.75) is 0 Å². The number of carbonyl (C=O) groups is 3. The fraction of sp³-hybridized carbons (Fsp3) is 0.167. The second-order valence-corrected chi connectivity index (χ2v) is 5.31. The number of aldehydes is 1. The molecule has 1 amide bonds. The summed E-state index contributed by atoms with van der Waals surface area (Å²) in [7, 11) is 3.85. The Labute approximate surface area is 140 Å². The van der Waals surface area contributed by atoms with Crippen LogP contribution in [0.2, 0.25) is 0 Å². The van der Waals surface area contributed by atoms with Crippen molar-refractivity contribution in [3.63, 3.8) is 0 Å². The third-order valence-electron chi connectivity index (χ3n) is 3.28. The number of anilines is 2. The van der Waals surface area contributed by atoms with Gasteiger partial charge >= 0.3 is 5.97 Å². The predicted octanol–water partition coefficient (Wildman–Crippen LogP) is 2.36. The fourth-order valence-electron chi connectivity index (χ4n) is 1.95. The summed E-state index contributed by atoms with van der Waals surface area (Å²) >= 11 is 0. The van der Waals surface area contributed by atoms with Gasteiger partial charge < -0.3 is 15.0 Å². The molecule has 0 radical (unpaired) electrons. The third kappa shape index (κ3) is 4.67. The zero-order chi connectivity index (χ0) is 17.5. The normalized spacial score (nSPS) is 9.92. The summed E-state index contributed by atoms with van der Waals surface area (Å²) in [6.07, 6.45) is 0.685. The number of hydrogen-bond acceptors (Lipinski definition) is 5. The van der Waals surface area contributed by atoms with Gasteiger partial charge in [0, 0.05) is 31.0 Å². The van der Waals surface area contributed by atoms with Gasteiger partial charge in [0.15, 0.2) is 6.61 Å². The number of esters is 1. The van der Waals surface area contributed by atoms with Crippen molar-refractivity contribution >= 4 is 29.5 Å². The lowest BCUT2D eigenvalue weighted by atomic mass is 10.1. The highest BCUT2D eigenvalue weighted by Crippen LogP contribution is 2.15. The van der Waals surface area contributed by atoms with E-state index in [0.717, 1.165) is 5.69 Å². The molecule has 0 bridgehead atoms. The molecule has 0 spiro atoms. The summed E-state index contributed by atoms with van der Waals surface area (Å²) in [6, 6.07) is 13.3. The first kappa shape index (κ1) is 17.2. The molecular formula is C18H18N2O4. The number of benzene rings is 2. The van der Waals surface area contributed by atoms with Gasteiger partial charge in [-0.25, -0.2) is 4.79 Å². The summed E-state index contributed by atoms with van der Waals surface area (Å²) in [5.41, 5.74) is 2.38. The first-order valence-electron chi connectivity index (χ1n) is 7.29. The zero-order valence-electron chi connectivity index (χ0n) is 13.5. The lowest BCUT2D eigenvalue weighted by Crippen LogP contribution is -2.21. The second-order valence-electron chi connectivity index (χ2n) is 5.31. The molecule has 2 aromatic rings. The monoisotopic (exact) mass is 326 g/mol. The molecule has 0 saturated heterocycles.